The lowest BCUT2D eigenvalue weighted by Crippen LogP contribution is -2.40. The third-order valence-corrected chi connectivity index (χ3v) is 3.84. The van der Waals surface area contributed by atoms with Crippen LogP contribution in [0.15, 0.2) is 42.5 Å². The van der Waals surface area contributed by atoms with E-state index in [0.717, 1.165) is 5.69 Å². The molecule has 7 heteroatoms. The van der Waals surface area contributed by atoms with Gasteiger partial charge < -0.3 is 16.0 Å². The summed E-state index contributed by atoms with van der Waals surface area (Å²) in [6.07, 6.45) is 0. The van der Waals surface area contributed by atoms with Crippen LogP contribution in [0.5, 0.6) is 0 Å². The summed E-state index contributed by atoms with van der Waals surface area (Å²) in [5.41, 5.74) is 1.49. The van der Waals surface area contributed by atoms with Crippen molar-refractivity contribution in [2.75, 3.05) is 17.2 Å². The predicted molar refractivity (Wildman–Crippen MR) is 107 cm³/mol. The van der Waals surface area contributed by atoms with Crippen molar-refractivity contribution in [1.82, 2.24) is 5.32 Å². The van der Waals surface area contributed by atoms with Crippen LogP contribution in [0.2, 0.25) is 10.0 Å². The Morgan fingerprint density at radius 2 is 1.65 bits per heavy atom. The van der Waals surface area contributed by atoms with Gasteiger partial charge in [0.2, 0.25) is 5.91 Å². The lowest BCUT2D eigenvalue weighted by Gasteiger charge is -2.20. The number of hydrogen-bond donors (Lipinski definition) is 3. The second kappa shape index (κ2) is 8.43. The summed E-state index contributed by atoms with van der Waals surface area (Å²) in [6, 6.07) is 11.8. The Balaban J connectivity index is 1.89. The first-order valence-electron chi connectivity index (χ1n) is 8.05. The quantitative estimate of drug-likeness (QED) is 0.696. The molecule has 26 heavy (non-hydrogen) atoms. The van der Waals surface area contributed by atoms with Gasteiger partial charge in [-0.25, -0.2) is 0 Å². The second-order valence-electron chi connectivity index (χ2n) is 6.81. The summed E-state index contributed by atoms with van der Waals surface area (Å²) in [4.78, 5) is 24.1. The summed E-state index contributed by atoms with van der Waals surface area (Å²) in [7, 11) is 0. The van der Waals surface area contributed by atoms with Crippen LogP contribution in [-0.2, 0) is 4.79 Å². The van der Waals surface area contributed by atoms with Gasteiger partial charge in [0.05, 0.1) is 17.3 Å². The molecule has 3 N–H and O–H groups in total. The van der Waals surface area contributed by atoms with Crippen LogP contribution in [0.1, 0.15) is 31.1 Å². The van der Waals surface area contributed by atoms with Gasteiger partial charge in [-0.05, 0) is 63.2 Å². The smallest absolute Gasteiger partial charge is 0.251 e. The highest BCUT2D eigenvalue weighted by Crippen LogP contribution is 2.25. The Labute approximate surface area is 163 Å². The Bertz CT molecular complexity index is 799. The third kappa shape index (κ3) is 6.24. The van der Waals surface area contributed by atoms with E-state index in [1.165, 1.54) is 0 Å². The van der Waals surface area contributed by atoms with Crippen LogP contribution in [0.25, 0.3) is 0 Å². The van der Waals surface area contributed by atoms with Gasteiger partial charge in [-0.3, -0.25) is 9.59 Å². The predicted octanol–water partition coefficient (Wildman–Crippen LogP) is 4.57. The van der Waals surface area contributed by atoms with E-state index in [1.807, 2.05) is 20.8 Å². The molecule has 2 aromatic carbocycles. The average Bonchev–Trinajstić information content (AvgIpc) is 2.54. The molecule has 0 aliphatic rings. The van der Waals surface area contributed by atoms with E-state index < -0.39 is 0 Å². The minimum absolute atomic E-state index is 0.0620. The van der Waals surface area contributed by atoms with E-state index in [9.17, 15) is 9.59 Å². The van der Waals surface area contributed by atoms with Crippen molar-refractivity contribution in [1.29, 1.82) is 0 Å². The molecular formula is C19H21Cl2N3O2. The minimum Gasteiger partial charge on any atom is -0.376 e. The molecule has 0 saturated heterocycles. The van der Waals surface area contributed by atoms with Crippen molar-refractivity contribution in [3.8, 4) is 0 Å². The maximum Gasteiger partial charge on any atom is 0.251 e. The molecule has 2 amide bonds. The number of hydrogen-bond acceptors (Lipinski definition) is 3. The van der Waals surface area contributed by atoms with Crippen LogP contribution >= 0.6 is 23.2 Å². The lowest BCUT2D eigenvalue weighted by molar-refractivity contribution is -0.114. The Morgan fingerprint density at radius 1 is 1.00 bits per heavy atom. The van der Waals surface area contributed by atoms with Crippen molar-refractivity contribution in [3.05, 3.63) is 58.1 Å². The number of carbonyl (C=O) groups is 2. The highest BCUT2D eigenvalue weighted by Gasteiger charge is 2.15. The highest BCUT2D eigenvalue weighted by atomic mass is 35.5. The first-order chi connectivity index (χ1) is 12.1. The Kier molecular flexibility index (Phi) is 6.51. The van der Waals surface area contributed by atoms with E-state index in [-0.39, 0.29) is 23.9 Å². The summed E-state index contributed by atoms with van der Waals surface area (Å²) in [6.45, 7) is 5.83. The molecule has 0 bridgehead atoms. The number of rotatable bonds is 5. The van der Waals surface area contributed by atoms with Gasteiger partial charge in [0.15, 0.2) is 0 Å². The van der Waals surface area contributed by atoms with Gasteiger partial charge >= 0.3 is 0 Å². The van der Waals surface area contributed by atoms with Gasteiger partial charge in [0, 0.05) is 21.8 Å². The van der Waals surface area contributed by atoms with Crippen molar-refractivity contribution in [3.63, 3.8) is 0 Å². The summed E-state index contributed by atoms with van der Waals surface area (Å²) < 4.78 is 0. The zero-order valence-corrected chi connectivity index (χ0v) is 16.3. The largest absolute Gasteiger partial charge is 0.376 e. The van der Waals surface area contributed by atoms with Crippen molar-refractivity contribution < 1.29 is 9.59 Å². The van der Waals surface area contributed by atoms with Crippen LogP contribution < -0.4 is 16.0 Å². The molecule has 138 valence electrons. The number of nitrogens with one attached hydrogen (secondary N) is 3. The van der Waals surface area contributed by atoms with Crippen molar-refractivity contribution >= 4 is 46.4 Å². The molecule has 0 atom stereocenters. The summed E-state index contributed by atoms with van der Waals surface area (Å²) in [5, 5.41) is 9.48. The van der Waals surface area contributed by atoms with Gasteiger partial charge in [-0.15, -0.1) is 0 Å². The van der Waals surface area contributed by atoms with E-state index in [0.29, 0.717) is 21.3 Å². The highest BCUT2D eigenvalue weighted by molar-refractivity contribution is 6.36. The molecule has 0 saturated carbocycles. The van der Waals surface area contributed by atoms with Gasteiger partial charge in [-0.2, -0.15) is 0 Å². The third-order valence-electron chi connectivity index (χ3n) is 3.29. The molecule has 0 unspecified atom stereocenters. The summed E-state index contributed by atoms with van der Waals surface area (Å²) in [5.74, 6) is -0.386. The van der Waals surface area contributed by atoms with Gasteiger partial charge in [0.25, 0.3) is 5.91 Å². The number of anilines is 2. The minimum atomic E-state index is -0.297. The standard InChI is InChI=1S/C19H21Cl2N3O2/c1-19(2,3)24-18(26)12-4-7-14(8-5-12)22-11-17(25)23-16-9-6-13(20)10-15(16)21/h4-10,22H,11H2,1-3H3,(H,23,25)(H,24,26). The van der Waals surface area contributed by atoms with Crippen molar-refractivity contribution in [2.45, 2.75) is 26.3 Å². The topological polar surface area (TPSA) is 70.2 Å². The van der Waals surface area contributed by atoms with Crippen molar-refractivity contribution in [2.24, 2.45) is 0 Å². The fourth-order valence-electron chi connectivity index (χ4n) is 2.12. The van der Waals surface area contributed by atoms with Crippen LogP contribution in [0.4, 0.5) is 11.4 Å². The molecule has 0 aliphatic heterocycles. The summed E-state index contributed by atoms with van der Waals surface area (Å²) >= 11 is 11.9. The fourth-order valence-corrected chi connectivity index (χ4v) is 2.58. The molecule has 0 spiro atoms. The Morgan fingerprint density at radius 3 is 2.23 bits per heavy atom. The van der Waals surface area contributed by atoms with Gasteiger partial charge in [-0.1, -0.05) is 23.2 Å². The molecule has 0 aromatic heterocycles. The number of halogens is 2. The number of carbonyl (C=O) groups excluding carboxylic acids is 2. The maximum atomic E-state index is 12.1. The number of benzene rings is 2. The van der Waals surface area contributed by atoms with E-state index in [4.69, 9.17) is 23.2 Å². The van der Waals surface area contributed by atoms with Crippen LogP contribution in [-0.4, -0.2) is 23.9 Å². The fraction of sp³-hybridized carbons (Fsp3) is 0.263. The average molecular weight is 394 g/mol. The van der Waals surface area contributed by atoms with E-state index in [1.54, 1.807) is 42.5 Å². The van der Waals surface area contributed by atoms with Crippen LogP contribution in [0, 0.1) is 0 Å². The van der Waals surface area contributed by atoms with E-state index in [2.05, 4.69) is 16.0 Å². The molecular weight excluding hydrogens is 373 g/mol. The first-order valence-corrected chi connectivity index (χ1v) is 8.81. The first kappa shape index (κ1) is 20.1. The molecule has 0 fully saturated rings. The van der Waals surface area contributed by atoms with Crippen LogP contribution in [0.3, 0.4) is 0 Å². The Hall–Kier alpha value is -2.24. The SMILES string of the molecule is CC(C)(C)NC(=O)c1ccc(NCC(=O)Nc2ccc(Cl)cc2Cl)cc1. The monoisotopic (exact) mass is 393 g/mol. The molecule has 2 rings (SSSR count). The zero-order valence-electron chi connectivity index (χ0n) is 14.8. The molecule has 0 heterocycles. The maximum absolute atomic E-state index is 12.1. The second-order valence-corrected chi connectivity index (χ2v) is 7.65. The normalized spacial score (nSPS) is 11.0. The van der Waals surface area contributed by atoms with E-state index >= 15 is 0 Å². The molecule has 0 radical (unpaired) electrons. The molecule has 5 nitrogen and oxygen atoms in total. The molecule has 2 aromatic rings. The zero-order chi connectivity index (χ0) is 19.3. The van der Waals surface area contributed by atoms with Gasteiger partial charge in [0.1, 0.15) is 0 Å². The molecule has 0 aliphatic carbocycles. The lowest BCUT2D eigenvalue weighted by atomic mass is 10.1. The number of amides is 2.